The van der Waals surface area contributed by atoms with Gasteiger partial charge in [0.2, 0.25) is 0 Å². The molecule has 0 atom stereocenters. The summed E-state index contributed by atoms with van der Waals surface area (Å²) in [6.45, 7) is 11.5. The molecule has 0 fully saturated rings. The molecule has 0 saturated carbocycles. The van der Waals surface area contributed by atoms with Crippen molar-refractivity contribution in [1.29, 1.82) is 0 Å². The highest BCUT2D eigenvalue weighted by atomic mass is 79.9. The fourth-order valence-electron chi connectivity index (χ4n) is 4.89. The van der Waals surface area contributed by atoms with Gasteiger partial charge in [0.1, 0.15) is 0 Å². The molecule has 0 aliphatic heterocycles. The van der Waals surface area contributed by atoms with Gasteiger partial charge in [-0.05, 0) is 37.7 Å². The van der Waals surface area contributed by atoms with Crippen molar-refractivity contribution in [2.75, 3.05) is 18.5 Å². The monoisotopic (exact) mass is 592 g/mol. The van der Waals surface area contributed by atoms with Crippen LogP contribution in [0.25, 0.3) is 0 Å². The van der Waals surface area contributed by atoms with Crippen molar-refractivity contribution >= 4 is 24.9 Å². The molecule has 0 N–H and O–H groups in total. The van der Waals surface area contributed by atoms with E-state index in [1.807, 2.05) is 0 Å². The predicted molar refractivity (Wildman–Crippen MR) is 180 cm³/mol. The van der Waals surface area contributed by atoms with Crippen molar-refractivity contribution in [2.45, 2.75) is 202 Å². The van der Waals surface area contributed by atoms with E-state index in [2.05, 4.69) is 34.6 Å². The third-order valence-electron chi connectivity index (χ3n) is 7.44. The number of rotatable bonds is 28. The van der Waals surface area contributed by atoms with Crippen LogP contribution in [0.2, 0.25) is 0 Å². The number of unbranched alkanes of at least 4 members (excludes halogenated alkanes) is 22. The van der Waals surface area contributed by atoms with E-state index in [0.29, 0.717) is 7.92 Å². The first-order valence-electron chi connectivity index (χ1n) is 17.0. The summed E-state index contributed by atoms with van der Waals surface area (Å²) in [5.41, 5.74) is 0. The quantitative estimate of drug-likeness (QED) is 0.0625. The van der Waals surface area contributed by atoms with E-state index < -0.39 is 0 Å². The van der Waals surface area contributed by atoms with Gasteiger partial charge in [-0.15, -0.1) is 24.9 Å². The molecule has 0 heterocycles. The van der Waals surface area contributed by atoms with Gasteiger partial charge in [0.05, 0.1) is 0 Å². The van der Waals surface area contributed by atoms with Gasteiger partial charge in [-0.3, -0.25) is 0 Å². The summed E-state index contributed by atoms with van der Waals surface area (Å²) in [6.07, 6.45) is 42.7. The average molecular weight is 594 g/mol. The van der Waals surface area contributed by atoms with Crippen LogP contribution in [0.15, 0.2) is 0 Å². The molecule has 0 aliphatic rings. The van der Waals surface area contributed by atoms with E-state index in [1.165, 1.54) is 167 Å². The summed E-state index contributed by atoms with van der Waals surface area (Å²) < 4.78 is 0. The second kappa shape index (κ2) is 40.4. The fraction of sp³-hybridized carbons (Fsp3) is 1.00. The molecule has 0 saturated heterocycles. The molecule has 0 radical (unpaired) electrons. The van der Waals surface area contributed by atoms with Crippen LogP contribution in [0.3, 0.4) is 0 Å². The summed E-state index contributed by atoms with van der Waals surface area (Å²) in [5, 5.41) is 0. The van der Waals surface area contributed by atoms with Gasteiger partial charge in [-0.2, -0.15) is 0 Å². The summed E-state index contributed by atoms with van der Waals surface area (Å²) in [4.78, 5) is 0. The number of hydrogen-bond acceptors (Lipinski definition) is 0. The highest BCUT2D eigenvalue weighted by Crippen LogP contribution is 2.39. The average Bonchev–Trinajstić information content (AvgIpc) is 2.87. The zero-order chi connectivity index (χ0) is 26.1. The molecule has 0 unspecified atom stereocenters. The van der Waals surface area contributed by atoms with Gasteiger partial charge in [0.25, 0.3) is 0 Å². The number of halogens is 1. The van der Waals surface area contributed by atoms with Crippen molar-refractivity contribution in [1.82, 2.24) is 0 Å². The fourth-order valence-corrected chi connectivity index (χ4v) is 7.57. The lowest BCUT2D eigenvalue weighted by molar-refractivity contribution is 0.538. The SMILES string of the molecule is Br.CCCCCCCCCCCCCCCC.CCCCCCP(CCCCCC)CCCCCC. The molecule has 0 aromatic rings. The summed E-state index contributed by atoms with van der Waals surface area (Å²) in [7, 11) is 0.389. The maximum Gasteiger partial charge on any atom is -0.0326 e. The minimum absolute atomic E-state index is 0. The standard InChI is InChI=1S/C18H39P.C16H34.BrH/c1-4-7-10-13-16-19(17-14-11-8-5-2)18-15-12-9-6-3;1-3-5-7-9-11-13-15-16-14-12-10-8-6-4-2;/h4-18H2,1-3H3;3-16H2,1-2H3;1H. The number of hydrogen-bond donors (Lipinski definition) is 0. The zero-order valence-corrected chi connectivity index (χ0v) is 29.0. The molecule has 0 aromatic heterocycles. The second-order valence-electron chi connectivity index (χ2n) is 11.3. The normalized spacial score (nSPS) is 10.8. The van der Waals surface area contributed by atoms with Gasteiger partial charge >= 0.3 is 0 Å². The third kappa shape index (κ3) is 39.4. The van der Waals surface area contributed by atoms with Crippen LogP contribution in [-0.4, -0.2) is 18.5 Å². The Morgan fingerprint density at radius 1 is 0.250 bits per heavy atom. The Hall–Kier alpha value is 0.910. The summed E-state index contributed by atoms with van der Waals surface area (Å²) in [6, 6.07) is 0. The molecule has 0 amide bonds. The lowest BCUT2D eigenvalue weighted by Crippen LogP contribution is -1.97. The largest absolute Gasteiger partial charge is 0.114 e. The Morgan fingerprint density at radius 2 is 0.417 bits per heavy atom. The molecule has 0 nitrogen and oxygen atoms in total. The van der Waals surface area contributed by atoms with Crippen LogP contribution in [0.1, 0.15) is 202 Å². The minimum atomic E-state index is 0. The Morgan fingerprint density at radius 3 is 0.611 bits per heavy atom. The molecule has 36 heavy (non-hydrogen) atoms. The van der Waals surface area contributed by atoms with Crippen molar-refractivity contribution in [3.8, 4) is 0 Å². The molecular weight excluding hydrogens is 519 g/mol. The lowest BCUT2D eigenvalue weighted by atomic mass is 10.0. The molecule has 0 aromatic carbocycles. The van der Waals surface area contributed by atoms with E-state index in [1.54, 1.807) is 18.5 Å². The Kier molecular flexibility index (Phi) is 46.5. The van der Waals surface area contributed by atoms with Crippen LogP contribution >= 0.6 is 24.9 Å². The maximum absolute atomic E-state index is 2.32. The minimum Gasteiger partial charge on any atom is -0.114 e. The molecular formula is C34H74BrP. The van der Waals surface area contributed by atoms with Crippen LogP contribution in [0.4, 0.5) is 0 Å². The van der Waals surface area contributed by atoms with Gasteiger partial charge in [-0.1, -0.05) is 182 Å². The first kappa shape index (κ1) is 41.4. The predicted octanol–water partition coefficient (Wildman–Crippen LogP) is 14.3. The summed E-state index contributed by atoms with van der Waals surface area (Å²) in [5.74, 6) is 0. The van der Waals surface area contributed by atoms with Gasteiger partial charge in [0, 0.05) is 0 Å². The first-order chi connectivity index (χ1) is 17.3. The molecule has 222 valence electrons. The van der Waals surface area contributed by atoms with Crippen LogP contribution < -0.4 is 0 Å². The Bertz CT molecular complexity index is 291. The third-order valence-corrected chi connectivity index (χ3v) is 10.3. The van der Waals surface area contributed by atoms with Crippen LogP contribution in [-0.2, 0) is 0 Å². The van der Waals surface area contributed by atoms with Crippen LogP contribution in [0, 0.1) is 0 Å². The molecule has 0 spiro atoms. The zero-order valence-electron chi connectivity index (χ0n) is 26.4. The molecule has 0 bridgehead atoms. The van der Waals surface area contributed by atoms with Crippen molar-refractivity contribution in [2.24, 2.45) is 0 Å². The Balaban J connectivity index is -0.000000597. The van der Waals surface area contributed by atoms with E-state index >= 15 is 0 Å². The van der Waals surface area contributed by atoms with Crippen molar-refractivity contribution < 1.29 is 0 Å². The molecule has 2 heteroatoms. The second-order valence-corrected chi connectivity index (χ2v) is 13.9. The highest BCUT2D eigenvalue weighted by molar-refractivity contribution is 8.93. The first-order valence-corrected chi connectivity index (χ1v) is 18.9. The van der Waals surface area contributed by atoms with Crippen molar-refractivity contribution in [3.05, 3.63) is 0 Å². The van der Waals surface area contributed by atoms with E-state index in [4.69, 9.17) is 0 Å². The topological polar surface area (TPSA) is 0 Å². The van der Waals surface area contributed by atoms with E-state index in [-0.39, 0.29) is 17.0 Å². The van der Waals surface area contributed by atoms with E-state index in [9.17, 15) is 0 Å². The van der Waals surface area contributed by atoms with Gasteiger partial charge in [0.15, 0.2) is 0 Å². The van der Waals surface area contributed by atoms with Gasteiger partial charge < -0.3 is 0 Å². The van der Waals surface area contributed by atoms with Gasteiger partial charge in [-0.25, -0.2) is 0 Å². The smallest absolute Gasteiger partial charge is 0.0326 e. The molecule has 0 aliphatic carbocycles. The maximum atomic E-state index is 2.32. The van der Waals surface area contributed by atoms with E-state index in [0.717, 1.165) is 0 Å². The summed E-state index contributed by atoms with van der Waals surface area (Å²) >= 11 is 0. The lowest BCUT2D eigenvalue weighted by Gasteiger charge is -2.17. The van der Waals surface area contributed by atoms with Crippen LogP contribution in [0.5, 0.6) is 0 Å². The van der Waals surface area contributed by atoms with Crippen molar-refractivity contribution in [3.63, 3.8) is 0 Å². The Labute approximate surface area is 244 Å². The molecule has 0 rings (SSSR count). The highest BCUT2D eigenvalue weighted by Gasteiger charge is 2.07.